The van der Waals surface area contributed by atoms with E-state index in [9.17, 15) is 4.79 Å². The zero-order chi connectivity index (χ0) is 19.1. The van der Waals surface area contributed by atoms with Crippen molar-refractivity contribution < 1.29 is 18.8 Å². The number of quaternary nitrogens is 1. The fraction of sp³-hybridized carbons (Fsp3) is 0.227. The average molecular weight is 365 g/mol. The Labute approximate surface area is 159 Å². The first-order valence-electron chi connectivity index (χ1n) is 8.97. The Morgan fingerprint density at radius 3 is 2.37 bits per heavy atom. The van der Waals surface area contributed by atoms with Gasteiger partial charge in [0.15, 0.2) is 12.3 Å². The van der Waals surface area contributed by atoms with Gasteiger partial charge in [-0.25, -0.2) is 0 Å². The number of hydrogen-bond donors (Lipinski definition) is 2. The maximum atomic E-state index is 12.7. The summed E-state index contributed by atoms with van der Waals surface area (Å²) >= 11 is 0. The van der Waals surface area contributed by atoms with E-state index >= 15 is 0 Å². The van der Waals surface area contributed by atoms with E-state index in [1.807, 2.05) is 73.8 Å². The summed E-state index contributed by atoms with van der Waals surface area (Å²) in [6.45, 7) is 1.03. The van der Waals surface area contributed by atoms with Crippen LogP contribution in [0.4, 0.5) is 0 Å². The summed E-state index contributed by atoms with van der Waals surface area (Å²) in [5.41, 5.74) is 2.05. The van der Waals surface area contributed by atoms with Crippen molar-refractivity contribution in [3.8, 4) is 5.75 Å². The van der Waals surface area contributed by atoms with Gasteiger partial charge < -0.3 is 19.4 Å². The van der Waals surface area contributed by atoms with Crippen molar-refractivity contribution in [1.29, 1.82) is 0 Å². The normalized spacial score (nSPS) is 13.0. The van der Waals surface area contributed by atoms with E-state index in [4.69, 9.17) is 9.15 Å². The van der Waals surface area contributed by atoms with Crippen molar-refractivity contribution in [3.05, 3.63) is 89.9 Å². The molecule has 0 aliphatic heterocycles. The van der Waals surface area contributed by atoms with Crippen LogP contribution in [-0.2, 0) is 11.3 Å². The van der Waals surface area contributed by atoms with Gasteiger partial charge >= 0.3 is 0 Å². The molecule has 1 aromatic heterocycles. The number of rotatable bonds is 8. The molecule has 27 heavy (non-hydrogen) atoms. The van der Waals surface area contributed by atoms with E-state index < -0.39 is 0 Å². The first-order valence-corrected chi connectivity index (χ1v) is 8.97. The average Bonchev–Trinajstić information content (AvgIpc) is 3.19. The molecule has 0 spiro atoms. The second-order valence-electron chi connectivity index (χ2n) is 6.57. The summed E-state index contributed by atoms with van der Waals surface area (Å²) < 4.78 is 10.6. The summed E-state index contributed by atoms with van der Waals surface area (Å²) in [4.78, 5) is 13.7. The predicted octanol–water partition coefficient (Wildman–Crippen LogP) is 2.21. The monoisotopic (exact) mass is 365 g/mol. The van der Waals surface area contributed by atoms with Crippen molar-refractivity contribution >= 4 is 5.91 Å². The van der Waals surface area contributed by atoms with Crippen LogP contribution in [0, 0.1) is 0 Å². The second-order valence-corrected chi connectivity index (χ2v) is 6.57. The molecule has 0 aliphatic carbocycles. The summed E-state index contributed by atoms with van der Waals surface area (Å²) in [5, 5.41) is 3.17. The van der Waals surface area contributed by atoms with Crippen LogP contribution in [0.1, 0.15) is 22.9 Å². The molecule has 0 radical (unpaired) electrons. The van der Waals surface area contributed by atoms with Crippen LogP contribution in [0.3, 0.4) is 0 Å². The Balaban J connectivity index is 1.71. The Kier molecular flexibility index (Phi) is 6.28. The van der Waals surface area contributed by atoms with Gasteiger partial charge in [-0.2, -0.15) is 0 Å². The molecule has 1 unspecified atom stereocenters. The molecule has 0 aliphatic rings. The fourth-order valence-electron chi connectivity index (χ4n) is 3.06. The zero-order valence-corrected chi connectivity index (χ0v) is 15.6. The second kappa shape index (κ2) is 9.05. The van der Waals surface area contributed by atoms with E-state index in [1.54, 1.807) is 13.4 Å². The highest BCUT2D eigenvalue weighted by atomic mass is 16.5. The molecule has 2 aromatic carbocycles. The lowest BCUT2D eigenvalue weighted by molar-refractivity contribution is -0.886. The molecule has 3 aromatic rings. The van der Waals surface area contributed by atoms with Gasteiger partial charge in [-0.05, 0) is 35.4 Å². The van der Waals surface area contributed by atoms with Gasteiger partial charge in [-0.3, -0.25) is 4.79 Å². The van der Waals surface area contributed by atoms with E-state index in [0.717, 1.165) is 27.5 Å². The molecule has 0 saturated carbocycles. The number of methoxy groups -OCH3 is 1. The highest BCUT2D eigenvalue weighted by molar-refractivity contribution is 5.77. The zero-order valence-electron chi connectivity index (χ0n) is 15.6. The van der Waals surface area contributed by atoms with Gasteiger partial charge in [0.25, 0.3) is 5.91 Å². The number of furan rings is 1. The molecule has 2 N–H and O–H groups in total. The third-order valence-corrected chi connectivity index (χ3v) is 4.41. The van der Waals surface area contributed by atoms with Gasteiger partial charge in [0, 0.05) is 0 Å². The highest BCUT2D eigenvalue weighted by Gasteiger charge is 2.19. The minimum atomic E-state index is -0.207. The lowest BCUT2D eigenvalue weighted by atomic mass is 9.98. The number of carbonyl (C=O) groups excluding carboxylic acids is 1. The molecule has 0 saturated heterocycles. The number of likely N-dealkylation sites (N-methyl/N-ethyl adjacent to an activating group) is 1. The Morgan fingerprint density at radius 2 is 1.74 bits per heavy atom. The third-order valence-electron chi connectivity index (χ3n) is 4.41. The van der Waals surface area contributed by atoms with Crippen molar-refractivity contribution in [2.45, 2.75) is 12.6 Å². The maximum absolute atomic E-state index is 12.7. The largest absolute Gasteiger partial charge is 0.497 e. The van der Waals surface area contributed by atoms with Crippen LogP contribution in [0.25, 0.3) is 0 Å². The van der Waals surface area contributed by atoms with Gasteiger partial charge in [-0.1, -0.05) is 42.5 Å². The van der Waals surface area contributed by atoms with Crippen molar-refractivity contribution in [1.82, 2.24) is 5.32 Å². The fourth-order valence-corrected chi connectivity index (χ4v) is 3.06. The number of amides is 1. The number of hydrogen-bond acceptors (Lipinski definition) is 3. The van der Waals surface area contributed by atoms with Crippen molar-refractivity contribution in [3.63, 3.8) is 0 Å². The maximum Gasteiger partial charge on any atom is 0.275 e. The Bertz CT molecular complexity index is 830. The molecule has 5 nitrogen and oxygen atoms in total. The summed E-state index contributed by atoms with van der Waals surface area (Å²) in [7, 11) is 3.62. The minimum absolute atomic E-state index is 0.0104. The highest BCUT2D eigenvalue weighted by Crippen LogP contribution is 2.24. The molecule has 0 bridgehead atoms. The van der Waals surface area contributed by atoms with Crippen molar-refractivity contribution in [2.75, 3.05) is 20.7 Å². The standard InChI is InChI=1S/C22H24N2O3/c1-24(15-20-9-6-14-27-20)16-21(25)23-22(17-7-4-3-5-8-17)18-10-12-19(26-2)13-11-18/h3-14,22H,15-16H2,1-2H3,(H,23,25)/p+1/t22-/m0/s1. The van der Waals surface area contributed by atoms with Crippen LogP contribution < -0.4 is 15.0 Å². The molecule has 2 atom stereocenters. The van der Waals surface area contributed by atoms with E-state index in [-0.39, 0.29) is 11.9 Å². The van der Waals surface area contributed by atoms with Gasteiger partial charge in [0.2, 0.25) is 0 Å². The van der Waals surface area contributed by atoms with Gasteiger partial charge in [0.1, 0.15) is 12.3 Å². The SMILES string of the molecule is COc1ccc([C@@H](NC(=O)C[NH+](C)Cc2ccco2)c2ccccc2)cc1. The molecule has 1 heterocycles. The minimum Gasteiger partial charge on any atom is -0.497 e. The van der Waals surface area contributed by atoms with Crippen LogP contribution in [0.2, 0.25) is 0 Å². The van der Waals surface area contributed by atoms with E-state index in [1.165, 1.54) is 0 Å². The van der Waals surface area contributed by atoms with Crippen LogP contribution in [0.15, 0.2) is 77.4 Å². The molecular weight excluding hydrogens is 340 g/mol. The molecule has 3 rings (SSSR count). The van der Waals surface area contributed by atoms with Crippen LogP contribution in [-0.4, -0.2) is 26.6 Å². The Hall–Kier alpha value is -3.05. The summed E-state index contributed by atoms with van der Waals surface area (Å²) in [5.74, 6) is 1.65. The number of carbonyl (C=O) groups is 1. The summed E-state index contributed by atoms with van der Waals surface area (Å²) in [6, 6.07) is 21.3. The lowest BCUT2D eigenvalue weighted by Gasteiger charge is -2.21. The van der Waals surface area contributed by atoms with Crippen molar-refractivity contribution in [2.24, 2.45) is 0 Å². The van der Waals surface area contributed by atoms with Crippen LogP contribution in [0.5, 0.6) is 5.75 Å². The summed E-state index contributed by atoms with van der Waals surface area (Å²) in [6.07, 6.45) is 1.65. The smallest absolute Gasteiger partial charge is 0.275 e. The lowest BCUT2D eigenvalue weighted by Crippen LogP contribution is -3.08. The molecule has 140 valence electrons. The number of nitrogens with one attached hydrogen (secondary N) is 2. The topological polar surface area (TPSA) is 55.9 Å². The third kappa shape index (κ3) is 5.21. The molecule has 0 fully saturated rings. The molecule has 5 heteroatoms. The molecular formula is C22H25N2O3+. The van der Waals surface area contributed by atoms with E-state index in [2.05, 4.69) is 5.32 Å². The van der Waals surface area contributed by atoms with Gasteiger partial charge in [-0.15, -0.1) is 0 Å². The predicted molar refractivity (Wildman–Crippen MR) is 104 cm³/mol. The Morgan fingerprint density at radius 1 is 1.04 bits per heavy atom. The van der Waals surface area contributed by atoms with E-state index in [0.29, 0.717) is 13.1 Å². The molecule has 1 amide bonds. The van der Waals surface area contributed by atoms with Gasteiger partial charge in [0.05, 0.1) is 26.5 Å². The quantitative estimate of drug-likeness (QED) is 0.644. The number of ether oxygens (including phenoxy) is 1. The first kappa shape index (κ1) is 18.7. The van der Waals surface area contributed by atoms with Crippen LogP contribution >= 0.6 is 0 Å². The first-order chi connectivity index (χ1) is 13.2. The number of benzene rings is 2.